The molecule has 2 bridgehead atoms. The van der Waals surface area contributed by atoms with Crippen molar-refractivity contribution in [3.63, 3.8) is 0 Å². The monoisotopic (exact) mass is 446 g/mol. The molecule has 4 aliphatic carbocycles. The van der Waals surface area contributed by atoms with Gasteiger partial charge in [-0.2, -0.15) is 13.2 Å². The number of carbonyl (C=O) groups excluding carboxylic acids is 2. The first-order valence-electron chi connectivity index (χ1n) is 9.75. The molecule has 1 aromatic rings. The van der Waals surface area contributed by atoms with Crippen LogP contribution in [0.25, 0.3) is 0 Å². The highest BCUT2D eigenvalue weighted by Crippen LogP contribution is 2.60. The summed E-state index contributed by atoms with van der Waals surface area (Å²) >= 11 is 5.80. The highest BCUT2D eigenvalue weighted by atomic mass is 35.5. The van der Waals surface area contributed by atoms with E-state index in [1.165, 1.54) is 0 Å². The summed E-state index contributed by atoms with van der Waals surface area (Å²) in [5.41, 5.74) is -0.665. The number of halogens is 4. The van der Waals surface area contributed by atoms with Gasteiger partial charge in [0, 0.05) is 16.1 Å². The van der Waals surface area contributed by atoms with Crippen molar-refractivity contribution in [2.45, 2.75) is 55.5 Å². The first kappa shape index (κ1) is 21.2. The highest BCUT2D eigenvalue weighted by Gasteiger charge is 2.69. The summed E-state index contributed by atoms with van der Waals surface area (Å²) in [6.07, 6.45) is -3.01. The van der Waals surface area contributed by atoms with Crippen LogP contribution in [0.5, 0.6) is 5.75 Å². The van der Waals surface area contributed by atoms with E-state index in [-0.39, 0.29) is 48.9 Å². The minimum atomic E-state index is -4.19. The topological polar surface area (TPSA) is 76.7 Å². The zero-order chi connectivity index (χ0) is 21.6. The van der Waals surface area contributed by atoms with E-state index < -0.39 is 18.2 Å². The van der Waals surface area contributed by atoms with Gasteiger partial charge in [0.15, 0.2) is 6.61 Å². The number of nitrogens with one attached hydrogen (secondary N) is 2. The lowest BCUT2D eigenvalue weighted by molar-refractivity contribution is -0.220. The quantitative estimate of drug-likeness (QED) is 0.643. The molecule has 4 saturated carbocycles. The van der Waals surface area contributed by atoms with E-state index >= 15 is 0 Å². The highest BCUT2D eigenvalue weighted by molar-refractivity contribution is 6.30. The maximum atomic E-state index is 12.5. The Balaban J connectivity index is 1.11. The molecule has 0 radical (unpaired) electrons. The van der Waals surface area contributed by atoms with Crippen molar-refractivity contribution < 1.29 is 32.2 Å². The molecule has 2 N–H and O–H groups in total. The van der Waals surface area contributed by atoms with Crippen LogP contribution in [0, 0.1) is 5.92 Å². The standard InChI is InChI=1S/C20H22ClF3N2O4/c21-13-1-3-14(4-2-13)29-7-16(27)25-18-9-19(10-18,11-18)26-17(28)8-30-15-5-12(6-15)20(22,23)24/h1-4,12,15H,5-11H2,(H,25,27)(H,26,28)/t12-,15-,18?,19?. The molecule has 0 unspecified atom stereocenters. The second-order valence-corrected chi connectivity index (χ2v) is 9.01. The molecule has 30 heavy (non-hydrogen) atoms. The Morgan fingerprint density at radius 1 is 1.00 bits per heavy atom. The summed E-state index contributed by atoms with van der Waals surface area (Å²) in [5.74, 6) is -1.35. The van der Waals surface area contributed by atoms with Crippen LogP contribution in [-0.4, -0.2) is 48.4 Å². The lowest BCUT2D eigenvalue weighted by atomic mass is 9.44. The maximum absolute atomic E-state index is 12.5. The predicted octanol–water partition coefficient (Wildman–Crippen LogP) is 2.98. The van der Waals surface area contributed by atoms with Gasteiger partial charge in [-0.1, -0.05) is 11.6 Å². The minimum Gasteiger partial charge on any atom is -0.484 e. The van der Waals surface area contributed by atoms with Gasteiger partial charge in [-0.15, -0.1) is 0 Å². The van der Waals surface area contributed by atoms with Crippen molar-refractivity contribution in [1.29, 1.82) is 0 Å². The summed E-state index contributed by atoms with van der Waals surface area (Å²) in [5, 5.41) is 6.41. The average Bonchev–Trinajstić information content (AvgIpc) is 2.55. The van der Waals surface area contributed by atoms with Crippen LogP contribution in [0.15, 0.2) is 24.3 Å². The van der Waals surface area contributed by atoms with Gasteiger partial charge in [0.05, 0.1) is 12.0 Å². The Kier molecular flexibility index (Phi) is 5.38. The Labute approximate surface area is 176 Å². The fourth-order valence-electron chi connectivity index (χ4n) is 4.56. The van der Waals surface area contributed by atoms with Crippen molar-refractivity contribution in [2.24, 2.45) is 5.92 Å². The number of rotatable bonds is 8. The lowest BCUT2D eigenvalue weighted by Crippen LogP contribution is -2.84. The molecule has 6 nitrogen and oxygen atoms in total. The second kappa shape index (κ2) is 7.60. The summed E-state index contributed by atoms with van der Waals surface area (Å²) in [4.78, 5) is 24.1. The van der Waals surface area contributed by atoms with Crippen molar-refractivity contribution in [2.75, 3.05) is 13.2 Å². The molecular weight excluding hydrogens is 425 g/mol. The molecule has 0 aromatic heterocycles. The van der Waals surface area contributed by atoms with Gasteiger partial charge in [0.25, 0.3) is 5.91 Å². The van der Waals surface area contributed by atoms with Gasteiger partial charge in [0.1, 0.15) is 12.4 Å². The van der Waals surface area contributed by atoms with Gasteiger partial charge in [-0.05, 0) is 56.4 Å². The van der Waals surface area contributed by atoms with Crippen molar-refractivity contribution >= 4 is 23.4 Å². The third-order valence-electron chi connectivity index (χ3n) is 6.03. The Hall–Kier alpha value is -2.00. The van der Waals surface area contributed by atoms with Gasteiger partial charge in [0.2, 0.25) is 5.91 Å². The van der Waals surface area contributed by atoms with Gasteiger partial charge < -0.3 is 20.1 Å². The van der Waals surface area contributed by atoms with Gasteiger partial charge >= 0.3 is 6.18 Å². The Morgan fingerprint density at radius 3 is 2.07 bits per heavy atom. The van der Waals surface area contributed by atoms with Crippen molar-refractivity contribution in [1.82, 2.24) is 10.6 Å². The zero-order valence-corrected chi connectivity index (χ0v) is 16.8. The van der Waals surface area contributed by atoms with Gasteiger partial charge in [-0.3, -0.25) is 9.59 Å². The van der Waals surface area contributed by atoms with E-state index in [1.54, 1.807) is 24.3 Å². The Morgan fingerprint density at radius 2 is 1.53 bits per heavy atom. The molecule has 0 atom stereocenters. The number of amides is 2. The van der Waals surface area contributed by atoms with E-state index in [0.29, 0.717) is 30.0 Å². The number of alkyl halides is 3. The first-order valence-corrected chi connectivity index (χ1v) is 10.1. The average molecular weight is 447 g/mol. The van der Waals surface area contributed by atoms with E-state index in [2.05, 4.69) is 10.6 Å². The molecule has 4 fully saturated rings. The van der Waals surface area contributed by atoms with Gasteiger partial charge in [-0.25, -0.2) is 0 Å². The number of hydrogen-bond acceptors (Lipinski definition) is 4. The zero-order valence-electron chi connectivity index (χ0n) is 16.1. The largest absolute Gasteiger partial charge is 0.484 e. The van der Waals surface area contributed by atoms with E-state index in [1.807, 2.05) is 0 Å². The molecule has 0 spiro atoms. The van der Waals surface area contributed by atoms with Crippen molar-refractivity contribution in [3.05, 3.63) is 29.3 Å². The summed E-state index contributed by atoms with van der Waals surface area (Å²) in [7, 11) is 0. The molecule has 0 heterocycles. The summed E-state index contributed by atoms with van der Waals surface area (Å²) in [6, 6.07) is 6.70. The van der Waals surface area contributed by atoms with E-state index in [9.17, 15) is 22.8 Å². The van der Waals surface area contributed by atoms with E-state index in [4.69, 9.17) is 21.1 Å². The SMILES string of the molecule is O=C(COc1ccc(Cl)cc1)NC12CC(NC(=O)CO[C@H]3C[C@H](C(F)(F)F)C3)(C1)C2. The summed E-state index contributed by atoms with van der Waals surface area (Å²) in [6.45, 7) is -0.359. The molecule has 4 aliphatic rings. The molecule has 5 rings (SSSR count). The molecule has 0 aliphatic heterocycles. The second-order valence-electron chi connectivity index (χ2n) is 8.57. The van der Waals surface area contributed by atoms with Crippen LogP contribution < -0.4 is 15.4 Å². The molecule has 1 aromatic carbocycles. The lowest BCUT2D eigenvalue weighted by Gasteiger charge is -2.70. The molecule has 164 valence electrons. The third-order valence-corrected chi connectivity index (χ3v) is 6.28. The number of hydrogen-bond donors (Lipinski definition) is 2. The number of benzene rings is 1. The van der Waals surface area contributed by atoms with Crippen LogP contribution in [-0.2, 0) is 14.3 Å². The van der Waals surface area contributed by atoms with E-state index in [0.717, 1.165) is 0 Å². The van der Waals surface area contributed by atoms with Crippen LogP contribution in [0.3, 0.4) is 0 Å². The van der Waals surface area contributed by atoms with Crippen LogP contribution >= 0.6 is 11.6 Å². The normalized spacial score (nSPS) is 31.6. The van der Waals surface area contributed by atoms with Crippen molar-refractivity contribution in [3.8, 4) is 5.75 Å². The smallest absolute Gasteiger partial charge is 0.392 e. The Bertz CT molecular complexity index is 805. The molecule has 2 amide bonds. The molecular formula is C20H22ClF3N2O4. The summed E-state index contributed by atoms with van der Waals surface area (Å²) < 4.78 is 48.0. The van der Waals surface area contributed by atoms with Crippen LogP contribution in [0.2, 0.25) is 5.02 Å². The fourth-order valence-corrected chi connectivity index (χ4v) is 4.68. The maximum Gasteiger partial charge on any atom is 0.392 e. The fraction of sp³-hybridized carbons (Fsp3) is 0.600. The molecule has 0 saturated heterocycles. The number of carbonyl (C=O) groups is 2. The first-order chi connectivity index (χ1) is 14.1. The molecule has 10 heteroatoms. The number of ether oxygens (including phenoxy) is 2. The van der Waals surface area contributed by atoms with Crippen LogP contribution in [0.1, 0.15) is 32.1 Å². The minimum absolute atomic E-state index is 0.0881. The predicted molar refractivity (Wildman–Crippen MR) is 101 cm³/mol. The third kappa shape index (κ3) is 4.51. The van der Waals surface area contributed by atoms with Crippen LogP contribution in [0.4, 0.5) is 13.2 Å².